The zero-order chi connectivity index (χ0) is 21.0. The summed E-state index contributed by atoms with van der Waals surface area (Å²) in [5.41, 5.74) is 0.994. The molecule has 4 saturated carbocycles. The zero-order valence-corrected chi connectivity index (χ0v) is 20.0. The van der Waals surface area contributed by atoms with Crippen molar-refractivity contribution >= 4 is 5.78 Å². The first kappa shape index (κ1) is 21.6. The van der Waals surface area contributed by atoms with Crippen molar-refractivity contribution in [2.24, 2.45) is 58.2 Å². The summed E-state index contributed by atoms with van der Waals surface area (Å²) in [7, 11) is 0. The molecule has 4 rings (SSSR count). The van der Waals surface area contributed by atoms with Crippen LogP contribution in [0.25, 0.3) is 0 Å². The average Bonchev–Trinajstić information content (AvgIpc) is 3.03. The smallest absolute Gasteiger partial charge is 0.133 e. The topological polar surface area (TPSA) is 17.1 Å². The predicted octanol–water partition coefficient (Wildman–Crippen LogP) is 7.70. The molecule has 4 aliphatic rings. The Bertz CT molecular complexity index is 647. The third-order valence-electron chi connectivity index (χ3n) is 11.0. The number of allylic oxidation sites excluding steroid dienone is 2. The van der Waals surface area contributed by atoms with E-state index in [2.05, 4.69) is 53.7 Å². The molecule has 0 aromatic carbocycles. The van der Waals surface area contributed by atoms with E-state index in [0.717, 1.165) is 42.4 Å². The highest BCUT2D eigenvalue weighted by molar-refractivity contribution is 5.79. The Morgan fingerprint density at radius 3 is 2.31 bits per heavy atom. The van der Waals surface area contributed by atoms with Gasteiger partial charge in [0.25, 0.3) is 0 Å². The first-order chi connectivity index (χ1) is 13.7. The molecule has 0 N–H and O–H groups in total. The Labute approximate surface area is 180 Å². The lowest BCUT2D eigenvalue weighted by molar-refractivity contribution is -0.140. The molecule has 0 amide bonds. The Morgan fingerprint density at radius 2 is 1.59 bits per heavy atom. The van der Waals surface area contributed by atoms with Crippen LogP contribution in [0.4, 0.5) is 0 Å². The summed E-state index contributed by atoms with van der Waals surface area (Å²) in [6.45, 7) is 14.8. The van der Waals surface area contributed by atoms with Crippen molar-refractivity contribution in [1.29, 1.82) is 0 Å². The van der Waals surface area contributed by atoms with Crippen molar-refractivity contribution in [3.05, 3.63) is 12.2 Å². The largest absolute Gasteiger partial charge is 0.300 e. The van der Waals surface area contributed by atoms with Crippen molar-refractivity contribution < 1.29 is 4.79 Å². The molecular formula is C28H46O. The number of Topliss-reactive ketones (excluding diaryl/α,β-unsaturated/α-hetero) is 1. The minimum absolute atomic E-state index is 0.453. The maximum Gasteiger partial charge on any atom is 0.133 e. The second-order valence-corrected chi connectivity index (χ2v) is 12.5. The minimum atomic E-state index is 0.453. The van der Waals surface area contributed by atoms with E-state index in [9.17, 15) is 4.79 Å². The molecule has 9 atom stereocenters. The molecule has 4 aliphatic carbocycles. The highest BCUT2D eigenvalue weighted by Gasteiger charge is 2.60. The monoisotopic (exact) mass is 398 g/mol. The van der Waals surface area contributed by atoms with Crippen LogP contribution in [0.2, 0.25) is 0 Å². The first-order valence-corrected chi connectivity index (χ1v) is 12.9. The molecule has 6 unspecified atom stereocenters. The number of hydrogen-bond donors (Lipinski definition) is 0. The molecule has 4 fully saturated rings. The lowest BCUT2D eigenvalue weighted by atomic mass is 9.44. The summed E-state index contributed by atoms with van der Waals surface area (Å²) in [5, 5.41) is 0. The molecule has 0 spiro atoms. The molecule has 29 heavy (non-hydrogen) atoms. The van der Waals surface area contributed by atoms with Crippen LogP contribution in [0.15, 0.2) is 12.2 Å². The molecule has 1 nitrogen and oxygen atoms in total. The van der Waals surface area contributed by atoms with E-state index in [1.54, 1.807) is 0 Å². The van der Waals surface area contributed by atoms with E-state index in [1.165, 1.54) is 44.9 Å². The predicted molar refractivity (Wildman–Crippen MR) is 123 cm³/mol. The van der Waals surface area contributed by atoms with Gasteiger partial charge in [0.1, 0.15) is 5.78 Å². The van der Waals surface area contributed by atoms with E-state index in [4.69, 9.17) is 0 Å². The van der Waals surface area contributed by atoms with Gasteiger partial charge in [0, 0.05) is 12.8 Å². The quantitative estimate of drug-likeness (QED) is 0.443. The molecule has 0 aromatic heterocycles. The van der Waals surface area contributed by atoms with Crippen LogP contribution in [0.1, 0.15) is 99.3 Å². The summed E-state index contributed by atoms with van der Waals surface area (Å²) in [6, 6.07) is 0. The van der Waals surface area contributed by atoms with Crippen molar-refractivity contribution in [1.82, 2.24) is 0 Å². The standard InChI is InChI=1S/C28H46O/c1-18(2)19(3)7-8-20(4)24-11-12-25-23-10-9-21-17-22(29)13-15-27(21,5)26(23)14-16-28(24,25)6/h7-8,18-21,23-26H,9-17H2,1-6H3/b8-7+/t19-,20+,21?,23?,24+,25?,26?,27?,28?/m0/s1. The van der Waals surface area contributed by atoms with Crippen LogP contribution < -0.4 is 0 Å². The number of ketones is 1. The minimum Gasteiger partial charge on any atom is -0.300 e. The van der Waals surface area contributed by atoms with Crippen molar-refractivity contribution in [3.63, 3.8) is 0 Å². The molecule has 0 bridgehead atoms. The Kier molecular flexibility index (Phi) is 5.84. The number of fused-ring (bicyclic) bond motifs is 5. The molecule has 0 heterocycles. The van der Waals surface area contributed by atoms with E-state index in [-0.39, 0.29) is 0 Å². The van der Waals surface area contributed by atoms with Gasteiger partial charge in [0.2, 0.25) is 0 Å². The van der Waals surface area contributed by atoms with Gasteiger partial charge < -0.3 is 0 Å². The maximum atomic E-state index is 12.1. The van der Waals surface area contributed by atoms with Crippen LogP contribution in [-0.2, 0) is 4.79 Å². The summed E-state index contributed by atoms with van der Waals surface area (Å²) >= 11 is 0. The van der Waals surface area contributed by atoms with E-state index in [1.807, 2.05) is 0 Å². The molecule has 0 aromatic rings. The number of rotatable bonds is 4. The summed E-state index contributed by atoms with van der Waals surface area (Å²) in [5.74, 6) is 6.97. The number of carbonyl (C=O) groups excluding carboxylic acids is 1. The van der Waals surface area contributed by atoms with E-state index in [0.29, 0.717) is 34.4 Å². The van der Waals surface area contributed by atoms with Gasteiger partial charge in [-0.2, -0.15) is 0 Å². The lowest BCUT2D eigenvalue weighted by Gasteiger charge is -2.60. The first-order valence-electron chi connectivity index (χ1n) is 12.9. The number of hydrogen-bond acceptors (Lipinski definition) is 1. The van der Waals surface area contributed by atoms with Gasteiger partial charge in [-0.15, -0.1) is 0 Å². The molecule has 0 radical (unpaired) electrons. The third kappa shape index (κ3) is 3.57. The molecular weight excluding hydrogens is 352 g/mol. The average molecular weight is 399 g/mol. The molecule has 0 aliphatic heterocycles. The van der Waals surface area contributed by atoms with Crippen LogP contribution in [0, 0.1) is 58.2 Å². The second kappa shape index (κ2) is 7.83. The lowest BCUT2D eigenvalue weighted by Crippen LogP contribution is -2.53. The van der Waals surface area contributed by atoms with Gasteiger partial charge in [-0.1, -0.05) is 53.7 Å². The van der Waals surface area contributed by atoms with Gasteiger partial charge in [0.05, 0.1) is 0 Å². The Balaban J connectivity index is 1.51. The molecule has 0 saturated heterocycles. The maximum absolute atomic E-state index is 12.1. The summed E-state index contributed by atoms with van der Waals surface area (Å²) in [6.07, 6.45) is 16.5. The van der Waals surface area contributed by atoms with Gasteiger partial charge in [-0.05, 0) is 103 Å². The fourth-order valence-electron chi connectivity index (χ4n) is 8.66. The molecule has 1 heteroatoms. The summed E-state index contributed by atoms with van der Waals surface area (Å²) in [4.78, 5) is 12.1. The highest BCUT2D eigenvalue weighted by Crippen LogP contribution is 2.68. The molecule has 164 valence electrons. The van der Waals surface area contributed by atoms with E-state index < -0.39 is 0 Å². The van der Waals surface area contributed by atoms with Crippen LogP contribution in [-0.4, -0.2) is 5.78 Å². The van der Waals surface area contributed by atoms with Gasteiger partial charge >= 0.3 is 0 Å². The SMILES string of the molecule is CC(C)[C@@H](C)/C=C/[C@@H](C)[C@H]1CCC2C3CCC4CC(=O)CCC4(C)C3CCC21C. The highest BCUT2D eigenvalue weighted by atomic mass is 16.1. The zero-order valence-electron chi connectivity index (χ0n) is 20.0. The summed E-state index contributed by atoms with van der Waals surface area (Å²) < 4.78 is 0. The number of carbonyl (C=O) groups is 1. The Hall–Kier alpha value is -0.590. The van der Waals surface area contributed by atoms with Crippen LogP contribution >= 0.6 is 0 Å². The van der Waals surface area contributed by atoms with Crippen LogP contribution in [0.5, 0.6) is 0 Å². The van der Waals surface area contributed by atoms with Crippen molar-refractivity contribution in [3.8, 4) is 0 Å². The van der Waals surface area contributed by atoms with Gasteiger partial charge in [-0.25, -0.2) is 0 Å². The normalized spacial score (nSPS) is 47.0. The fraction of sp³-hybridized carbons (Fsp3) is 0.893. The van der Waals surface area contributed by atoms with E-state index >= 15 is 0 Å². The van der Waals surface area contributed by atoms with Crippen LogP contribution in [0.3, 0.4) is 0 Å². The second-order valence-electron chi connectivity index (χ2n) is 12.5. The van der Waals surface area contributed by atoms with Gasteiger partial charge in [0.15, 0.2) is 0 Å². The van der Waals surface area contributed by atoms with Crippen molar-refractivity contribution in [2.45, 2.75) is 99.3 Å². The Morgan fingerprint density at radius 1 is 0.862 bits per heavy atom. The van der Waals surface area contributed by atoms with Crippen molar-refractivity contribution in [2.75, 3.05) is 0 Å². The fourth-order valence-corrected chi connectivity index (χ4v) is 8.66. The third-order valence-corrected chi connectivity index (χ3v) is 11.0. The van der Waals surface area contributed by atoms with Gasteiger partial charge in [-0.3, -0.25) is 4.79 Å².